The third-order valence-electron chi connectivity index (χ3n) is 4.37. The molecule has 1 aromatic carbocycles. The maximum absolute atomic E-state index is 12.3. The summed E-state index contributed by atoms with van der Waals surface area (Å²) in [5.41, 5.74) is -2.93. The monoisotopic (exact) mass is 527 g/mol. The first-order valence-corrected chi connectivity index (χ1v) is 11.2. The smallest absolute Gasteiger partial charge is 0.375 e. The molecule has 1 aromatic heterocycles. The average Bonchev–Trinajstić information content (AvgIpc) is 3.19. The van der Waals surface area contributed by atoms with Gasteiger partial charge < -0.3 is 19.5 Å². The Morgan fingerprint density at radius 1 is 1.38 bits per heavy atom. The van der Waals surface area contributed by atoms with Crippen LogP contribution in [0, 0.1) is 6.92 Å². The number of nitrogens with one attached hydrogen (secondary N) is 1. The van der Waals surface area contributed by atoms with Crippen LogP contribution in [0.1, 0.15) is 18.7 Å². The molecule has 0 bridgehead atoms. The van der Waals surface area contributed by atoms with Crippen molar-refractivity contribution < 1.29 is 28.8 Å². The van der Waals surface area contributed by atoms with Gasteiger partial charge in [0.2, 0.25) is 0 Å². The van der Waals surface area contributed by atoms with Gasteiger partial charge in [0.1, 0.15) is 18.5 Å². The van der Waals surface area contributed by atoms with Crippen LogP contribution in [0.5, 0.6) is 5.75 Å². The van der Waals surface area contributed by atoms with Gasteiger partial charge in [-0.05, 0) is 42.0 Å². The summed E-state index contributed by atoms with van der Waals surface area (Å²) in [6.07, 6.45) is 3.08. The van der Waals surface area contributed by atoms with E-state index in [1.165, 1.54) is 22.9 Å². The Labute approximate surface area is 191 Å². The van der Waals surface area contributed by atoms with Crippen molar-refractivity contribution in [1.82, 2.24) is 9.55 Å². The number of aryl methyl sites for hydroxylation is 1. The van der Waals surface area contributed by atoms with E-state index in [2.05, 4.69) is 25.7 Å². The van der Waals surface area contributed by atoms with Crippen molar-refractivity contribution in [3.63, 3.8) is 0 Å². The molecule has 170 valence electrons. The highest BCUT2D eigenvalue weighted by Crippen LogP contribution is 2.30. The molecule has 1 aliphatic heterocycles. The summed E-state index contributed by atoms with van der Waals surface area (Å²) in [6.45, 7) is 2.49. The van der Waals surface area contributed by atoms with Crippen LogP contribution in [0.4, 0.5) is 0 Å². The Bertz CT molecular complexity index is 1180. The lowest BCUT2D eigenvalue weighted by Crippen LogP contribution is -2.39. The highest BCUT2D eigenvalue weighted by Gasteiger charge is 2.40. The quantitative estimate of drug-likeness (QED) is 0.389. The largest absolute Gasteiger partial charge is 0.583 e. The molecular weight excluding hydrogens is 509 g/mol. The zero-order chi connectivity index (χ0) is 23.5. The van der Waals surface area contributed by atoms with E-state index in [1.807, 2.05) is 0 Å². The van der Waals surface area contributed by atoms with Crippen LogP contribution in [0.15, 0.2) is 61.4 Å². The van der Waals surface area contributed by atoms with Crippen molar-refractivity contribution in [2.45, 2.75) is 31.9 Å². The number of aromatic amines is 1. The summed E-state index contributed by atoms with van der Waals surface area (Å²) in [7, 11) is -2.77. The second-order valence-electron chi connectivity index (χ2n) is 6.91. The highest BCUT2D eigenvalue weighted by molar-refractivity contribution is 9.10. The minimum Gasteiger partial charge on any atom is -0.583 e. The van der Waals surface area contributed by atoms with Crippen LogP contribution in [0.2, 0.25) is 0 Å². The van der Waals surface area contributed by atoms with E-state index in [0.29, 0.717) is 5.56 Å². The maximum Gasteiger partial charge on any atom is 0.375 e. The molecule has 11 nitrogen and oxygen atoms in total. The third-order valence-corrected chi connectivity index (χ3v) is 5.82. The van der Waals surface area contributed by atoms with Gasteiger partial charge in [-0.25, -0.2) is 9.59 Å². The van der Waals surface area contributed by atoms with E-state index in [4.69, 9.17) is 14.0 Å². The zero-order valence-electron chi connectivity index (χ0n) is 16.9. The van der Waals surface area contributed by atoms with Gasteiger partial charge in [-0.15, -0.1) is 0 Å². The maximum atomic E-state index is 12.3. The van der Waals surface area contributed by atoms with Gasteiger partial charge in [0.15, 0.2) is 6.23 Å². The number of benzene rings is 1. The van der Waals surface area contributed by atoms with Gasteiger partial charge in [-0.1, -0.05) is 22.0 Å². The number of ether oxygens (including phenoxy) is 2. The highest BCUT2D eigenvalue weighted by atomic mass is 79.9. The van der Waals surface area contributed by atoms with E-state index in [-0.39, 0.29) is 12.4 Å². The standard InChI is InChI=1S/C19H19BrN3O8P/c1-11-9-23(18(27)21-16(11)24)15-8-7-14(30-15)10-29-32(28)22-19(2,17(25)26)31-13-5-3-12(20)4-6-13/h3-9,14-15H,10H2,1-2H3,(H,25,26)(H,21,24,27)/t14-,15+,19-/m0/s1. The molecule has 1 aliphatic rings. The van der Waals surface area contributed by atoms with Gasteiger partial charge in [0, 0.05) is 23.2 Å². The lowest BCUT2D eigenvalue weighted by molar-refractivity contribution is -0.180. The van der Waals surface area contributed by atoms with Gasteiger partial charge >= 0.3 is 25.6 Å². The fourth-order valence-electron chi connectivity index (χ4n) is 2.68. The van der Waals surface area contributed by atoms with Crippen LogP contribution in [-0.2, 0) is 14.1 Å². The number of aromatic nitrogens is 2. The van der Waals surface area contributed by atoms with Crippen molar-refractivity contribution in [2.75, 3.05) is 6.61 Å². The molecule has 0 saturated heterocycles. The molecule has 0 saturated carbocycles. The SMILES string of the molecule is Cc1cn([C@H]2C=C[C@@H](CO[P+]([O-])=N[C@@](C)(Oc3ccc(Br)cc3)C(=O)O)O2)c(=O)[nH]c1=O. The second kappa shape index (κ2) is 9.88. The summed E-state index contributed by atoms with van der Waals surface area (Å²) >= 11 is 3.26. The van der Waals surface area contributed by atoms with Crippen LogP contribution < -0.4 is 20.9 Å². The molecule has 1 unspecified atom stereocenters. The summed E-state index contributed by atoms with van der Waals surface area (Å²) < 4.78 is 21.9. The van der Waals surface area contributed by atoms with Gasteiger partial charge in [0.05, 0.1) is 0 Å². The molecule has 0 radical (unpaired) electrons. The second-order valence-corrected chi connectivity index (χ2v) is 8.76. The Kier molecular flexibility index (Phi) is 7.42. The van der Waals surface area contributed by atoms with E-state index >= 15 is 0 Å². The van der Waals surface area contributed by atoms with Crippen LogP contribution in [0.3, 0.4) is 0 Å². The molecule has 0 amide bonds. The predicted molar refractivity (Wildman–Crippen MR) is 115 cm³/mol. The molecule has 0 aliphatic carbocycles. The number of H-pyrrole nitrogens is 1. The number of halogens is 1. The number of carboxylic acid groups (broad SMARTS) is 1. The Hall–Kier alpha value is -2.63. The molecule has 3 rings (SSSR count). The number of rotatable bonds is 8. The van der Waals surface area contributed by atoms with Crippen LogP contribution in [0.25, 0.3) is 0 Å². The number of nitrogens with zero attached hydrogens (tertiary/aromatic N) is 2. The van der Waals surface area contributed by atoms with E-state index < -0.39 is 43.4 Å². The summed E-state index contributed by atoms with van der Waals surface area (Å²) in [6, 6.07) is 6.38. The van der Waals surface area contributed by atoms with E-state index in [0.717, 1.165) is 11.4 Å². The molecule has 0 fully saturated rings. The molecule has 0 spiro atoms. The first-order chi connectivity index (χ1) is 15.1. The van der Waals surface area contributed by atoms with Crippen molar-refractivity contribution in [1.29, 1.82) is 0 Å². The molecule has 13 heteroatoms. The number of aliphatic carboxylic acids is 1. The van der Waals surface area contributed by atoms with Gasteiger partial charge in [-0.2, -0.15) is 4.52 Å². The van der Waals surface area contributed by atoms with Crippen molar-refractivity contribution >= 4 is 30.1 Å². The number of hydrogen-bond donors (Lipinski definition) is 2. The normalized spacial score (nSPS) is 20.2. The minimum absolute atomic E-state index is 0.212. The molecule has 2 heterocycles. The first-order valence-electron chi connectivity index (χ1n) is 9.24. The lowest BCUT2D eigenvalue weighted by atomic mass is 10.3. The lowest BCUT2D eigenvalue weighted by Gasteiger charge is -2.19. The van der Waals surface area contributed by atoms with Crippen LogP contribution in [-0.4, -0.2) is 39.1 Å². The fraction of sp³-hybridized carbons (Fsp3) is 0.316. The number of carbonyl (C=O) groups is 1. The average molecular weight is 528 g/mol. The van der Waals surface area contributed by atoms with E-state index in [1.54, 1.807) is 31.2 Å². The van der Waals surface area contributed by atoms with Gasteiger partial charge in [0.25, 0.3) is 5.56 Å². The summed E-state index contributed by atoms with van der Waals surface area (Å²) in [4.78, 5) is 49.6. The first kappa shape index (κ1) is 24.0. The predicted octanol–water partition coefficient (Wildman–Crippen LogP) is 1.81. The molecule has 32 heavy (non-hydrogen) atoms. The van der Waals surface area contributed by atoms with Crippen molar-refractivity contribution in [2.24, 2.45) is 4.74 Å². The summed E-state index contributed by atoms with van der Waals surface area (Å²) in [5, 5.41) is 9.50. The Morgan fingerprint density at radius 2 is 2.06 bits per heavy atom. The fourth-order valence-corrected chi connectivity index (χ4v) is 3.71. The minimum atomic E-state index is -2.77. The third kappa shape index (κ3) is 5.78. The van der Waals surface area contributed by atoms with Gasteiger partial charge in [-0.3, -0.25) is 14.3 Å². The zero-order valence-corrected chi connectivity index (χ0v) is 19.4. The van der Waals surface area contributed by atoms with Crippen LogP contribution >= 0.6 is 24.1 Å². The molecule has 4 atom stereocenters. The van der Waals surface area contributed by atoms with Crippen molar-refractivity contribution in [3.05, 3.63) is 73.5 Å². The number of hydrogen-bond acceptors (Lipinski definition) is 8. The summed E-state index contributed by atoms with van der Waals surface area (Å²) in [5.74, 6) is -1.23. The topological polar surface area (TPSA) is 155 Å². The molecular formula is C19H19BrN3O8P. The van der Waals surface area contributed by atoms with Crippen molar-refractivity contribution in [3.8, 4) is 5.75 Å². The Morgan fingerprint density at radius 3 is 2.72 bits per heavy atom. The Balaban J connectivity index is 1.63. The molecule has 2 N–H and O–H groups in total. The number of carboxylic acids is 1. The molecule has 2 aromatic rings. The van der Waals surface area contributed by atoms with E-state index in [9.17, 15) is 24.4 Å².